The lowest BCUT2D eigenvalue weighted by molar-refractivity contribution is -0.137. The summed E-state index contributed by atoms with van der Waals surface area (Å²) in [4.78, 5) is 12.8. The van der Waals surface area contributed by atoms with Gasteiger partial charge in [-0.2, -0.15) is 18.3 Å². The number of alkyl halides is 3. The molecule has 0 atom stereocenters. The largest absolute Gasteiger partial charge is 0.455 e. The minimum atomic E-state index is -4.44. The molecule has 1 aromatic heterocycles. The van der Waals surface area contributed by atoms with Gasteiger partial charge >= 0.3 is 6.18 Å². The van der Waals surface area contributed by atoms with E-state index in [2.05, 4.69) is 15.8 Å². The standard InChI is InChI=1S/C23H19ClF3N3O2/c1-13-20-18(30-29-17-8-2-5-14(11-17)23(25,26)27)9-4-10-19(20)32-21(13)22(31)28-16-7-3-6-15(24)12-16/h2-3,5-8,11-12,29H,4,9-10H2,1H3,(H,28,31)/b30-18+. The number of anilines is 2. The molecule has 1 heterocycles. The number of nitrogens with zero attached hydrogens (tertiary/aromatic N) is 1. The van der Waals surface area contributed by atoms with E-state index in [4.69, 9.17) is 16.0 Å². The Kier molecular flexibility index (Phi) is 5.97. The zero-order valence-electron chi connectivity index (χ0n) is 17.0. The van der Waals surface area contributed by atoms with Crippen LogP contribution in [0.15, 0.2) is 58.0 Å². The quantitative estimate of drug-likeness (QED) is 0.427. The van der Waals surface area contributed by atoms with Gasteiger partial charge in [-0.3, -0.25) is 10.2 Å². The number of aryl methyl sites for hydroxylation is 1. The minimum Gasteiger partial charge on any atom is -0.455 e. The first kappa shape index (κ1) is 22.0. The lowest BCUT2D eigenvalue weighted by Gasteiger charge is -2.14. The molecule has 0 fully saturated rings. The summed E-state index contributed by atoms with van der Waals surface area (Å²) >= 11 is 5.97. The van der Waals surface area contributed by atoms with E-state index in [1.54, 1.807) is 31.2 Å². The molecule has 3 aromatic rings. The molecule has 32 heavy (non-hydrogen) atoms. The SMILES string of the molecule is Cc1c(C(=O)Nc2cccc(Cl)c2)oc2c1/C(=N/Nc1cccc(C(F)(F)F)c1)CCC2. The van der Waals surface area contributed by atoms with Crippen LogP contribution in [0.1, 0.15) is 45.8 Å². The van der Waals surface area contributed by atoms with Gasteiger partial charge in [-0.25, -0.2) is 0 Å². The monoisotopic (exact) mass is 461 g/mol. The number of benzene rings is 2. The number of amides is 1. The Morgan fingerprint density at radius 3 is 2.59 bits per heavy atom. The van der Waals surface area contributed by atoms with E-state index in [9.17, 15) is 18.0 Å². The Morgan fingerprint density at radius 2 is 1.84 bits per heavy atom. The molecule has 1 aliphatic carbocycles. The number of hydrogen-bond donors (Lipinski definition) is 2. The van der Waals surface area contributed by atoms with Gasteiger partial charge in [-0.05, 0) is 56.2 Å². The number of carbonyl (C=O) groups excluding carboxylic acids is 1. The van der Waals surface area contributed by atoms with Crippen molar-refractivity contribution in [3.05, 3.63) is 81.8 Å². The average Bonchev–Trinajstić information content (AvgIpc) is 3.09. The van der Waals surface area contributed by atoms with Crippen molar-refractivity contribution >= 4 is 34.6 Å². The Morgan fingerprint density at radius 1 is 1.09 bits per heavy atom. The second kappa shape index (κ2) is 8.70. The summed E-state index contributed by atoms with van der Waals surface area (Å²) < 4.78 is 44.7. The van der Waals surface area contributed by atoms with Gasteiger partial charge in [0.2, 0.25) is 0 Å². The van der Waals surface area contributed by atoms with Gasteiger partial charge in [0, 0.05) is 28.3 Å². The van der Waals surface area contributed by atoms with E-state index in [0.717, 1.165) is 18.6 Å². The van der Waals surface area contributed by atoms with E-state index in [1.807, 2.05) is 0 Å². The lowest BCUT2D eigenvalue weighted by atomic mass is 9.93. The second-order valence-corrected chi connectivity index (χ2v) is 7.86. The summed E-state index contributed by atoms with van der Waals surface area (Å²) in [6.45, 7) is 1.76. The van der Waals surface area contributed by atoms with Gasteiger partial charge in [0.1, 0.15) is 5.76 Å². The van der Waals surface area contributed by atoms with Crippen LogP contribution in [0.4, 0.5) is 24.5 Å². The summed E-state index contributed by atoms with van der Waals surface area (Å²) in [6.07, 6.45) is -2.44. The molecule has 0 bridgehead atoms. The van der Waals surface area contributed by atoms with Crippen LogP contribution in [-0.4, -0.2) is 11.6 Å². The molecule has 0 saturated heterocycles. The topological polar surface area (TPSA) is 66.6 Å². The maximum absolute atomic E-state index is 12.9. The molecule has 0 radical (unpaired) electrons. The molecule has 0 unspecified atom stereocenters. The van der Waals surface area contributed by atoms with Crippen molar-refractivity contribution in [3.8, 4) is 0 Å². The molecule has 5 nitrogen and oxygen atoms in total. The van der Waals surface area contributed by atoms with Crippen LogP contribution in [0.3, 0.4) is 0 Å². The van der Waals surface area contributed by atoms with E-state index in [0.29, 0.717) is 46.2 Å². The fourth-order valence-electron chi connectivity index (χ4n) is 3.65. The molecule has 1 amide bonds. The highest BCUT2D eigenvalue weighted by molar-refractivity contribution is 6.31. The Balaban J connectivity index is 1.59. The number of fused-ring (bicyclic) bond motifs is 1. The van der Waals surface area contributed by atoms with E-state index in [-0.39, 0.29) is 11.4 Å². The predicted molar refractivity (Wildman–Crippen MR) is 117 cm³/mol. The highest BCUT2D eigenvalue weighted by atomic mass is 35.5. The van der Waals surface area contributed by atoms with Crippen molar-refractivity contribution in [1.29, 1.82) is 0 Å². The number of rotatable bonds is 4. The fraction of sp³-hybridized carbons (Fsp3) is 0.217. The molecular formula is C23H19ClF3N3O2. The van der Waals surface area contributed by atoms with Crippen LogP contribution in [-0.2, 0) is 12.6 Å². The third kappa shape index (κ3) is 4.65. The van der Waals surface area contributed by atoms with Gasteiger partial charge in [0.25, 0.3) is 5.91 Å². The smallest absolute Gasteiger partial charge is 0.416 e. The summed E-state index contributed by atoms with van der Waals surface area (Å²) in [5.41, 5.74) is 4.69. The van der Waals surface area contributed by atoms with Crippen LogP contribution in [0.5, 0.6) is 0 Å². The van der Waals surface area contributed by atoms with Crippen molar-refractivity contribution in [1.82, 2.24) is 0 Å². The molecule has 9 heteroatoms. The number of hydrogen-bond acceptors (Lipinski definition) is 4. The summed E-state index contributed by atoms with van der Waals surface area (Å²) in [6, 6.07) is 11.6. The van der Waals surface area contributed by atoms with Crippen LogP contribution in [0.2, 0.25) is 5.02 Å². The zero-order chi connectivity index (χ0) is 22.9. The third-order valence-corrected chi connectivity index (χ3v) is 5.36. The second-order valence-electron chi connectivity index (χ2n) is 7.42. The number of nitrogens with one attached hydrogen (secondary N) is 2. The third-order valence-electron chi connectivity index (χ3n) is 5.12. The molecule has 0 spiro atoms. The number of hydrazone groups is 1. The van der Waals surface area contributed by atoms with Crippen molar-refractivity contribution in [2.24, 2.45) is 5.10 Å². The fourth-order valence-corrected chi connectivity index (χ4v) is 3.84. The first-order chi connectivity index (χ1) is 15.2. The number of halogens is 4. The van der Waals surface area contributed by atoms with Gasteiger partial charge in [-0.1, -0.05) is 23.7 Å². The minimum absolute atomic E-state index is 0.170. The predicted octanol–water partition coefficient (Wildman–Crippen LogP) is 6.67. The summed E-state index contributed by atoms with van der Waals surface area (Å²) in [5.74, 6) is 0.391. The normalized spacial score (nSPS) is 14.8. The van der Waals surface area contributed by atoms with Crippen LogP contribution >= 0.6 is 11.6 Å². The number of carbonyl (C=O) groups is 1. The highest BCUT2D eigenvalue weighted by Gasteiger charge is 2.31. The molecule has 2 aromatic carbocycles. The van der Waals surface area contributed by atoms with E-state index >= 15 is 0 Å². The first-order valence-corrected chi connectivity index (χ1v) is 10.3. The van der Waals surface area contributed by atoms with Gasteiger partial charge in [-0.15, -0.1) is 0 Å². The van der Waals surface area contributed by atoms with Crippen molar-refractivity contribution in [2.75, 3.05) is 10.7 Å². The van der Waals surface area contributed by atoms with E-state index < -0.39 is 17.6 Å². The van der Waals surface area contributed by atoms with Crippen molar-refractivity contribution in [3.63, 3.8) is 0 Å². The molecule has 0 saturated carbocycles. The highest BCUT2D eigenvalue weighted by Crippen LogP contribution is 2.32. The van der Waals surface area contributed by atoms with Crippen molar-refractivity contribution < 1.29 is 22.4 Å². The van der Waals surface area contributed by atoms with Crippen LogP contribution < -0.4 is 10.7 Å². The molecule has 4 rings (SSSR count). The summed E-state index contributed by atoms with van der Waals surface area (Å²) in [5, 5.41) is 7.59. The molecule has 166 valence electrons. The van der Waals surface area contributed by atoms with Gasteiger partial charge < -0.3 is 9.73 Å². The lowest BCUT2D eigenvalue weighted by Crippen LogP contribution is -2.14. The zero-order valence-corrected chi connectivity index (χ0v) is 17.8. The molecule has 0 aliphatic heterocycles. The summed E-state index contributed by atoms with van der Waals surface area (Å²) in [7, 11) is 0. The van der Waals surface area contributed by atoms with Gasteiger partial charge in [0.05, 0.1) is 17.0 Å². The Bertz CT molecular complexity index is 1200. The molecule has 1 aliphatic rings. The number of furan rings is 1. The molecule has 2 N–H and O–H groups in total. The average molecular weight is 462 g/mol. The van der Waals surface area contributed by atoms with E-state index in [1.165, 1.54) is 12.1 Å². The Labute approximate surface area is 187 Å². The van der Waals surface area contributed by atoms with Crippen LogP contribution in [0, 0.1) is 6.92 Å². The Hall–Kier alpha value is -3.26. The maximum Gasteiger partial charge on any atom is 0.416 e. The van der Waals surface area contributed by atoms with Gasteiger partial charge in [0.15, 0.2) is 5.76 Å². The van der Waals surface area contributed by atoms with Crippen LogP contribution in [0.25, 0.3) is 0 Å². The molecular weight excluding hydrogens is 443 g/mol. The van der Waals surface area contributed by atoms with Crippen molar-refractivity contribution in [2.45, 2.75) is 32.4 Å². The maximum atomic E-state index is 12.9. The first-order valence-electron chi connectivity index (χ1n) is 9.92.